The van der Waals surface area contributed by atoms with Crippen LogP contribution in [-0.2, 0) is 6.54 Å². The van der Waals surface area contributed by atoms with Gasteiger partial charge in [-0.2, -0.15) is 0 Å². The Labute approximate surface area is 119 Å². The molecule has 0 aliphatic heterocycles. The molecule has 0 fully saturated rings. The molecule has 0 atom stereocenters. The van der Waals surface area contributed by atoms with Crippen LogP contribution in [0.4, 0.5) is 5.69 Å². The summed E-state index contributed by atoms with van der Waals surface area (Å²) in [5, 5.41) is 19.8. The number of non-ortho nitro benzene ring substituents is 1. The van der Waals surface area contributed by atoms with Crippen molar-refractivity contribution in [2.75, 3.05) is 0 Å². The highest BCUT2D eigenvalue weighted by atomic mass is 16.6. The molecule has 0 spiro atoms. The van der Waals surface area contributed by atoms with Gasteiger partial charge in [-0.05, 0) is 19.1 Å². The third kappa shape index (κ3) is 2.66. The Hall–Kier alpha value is -2.96. The lowest BCUT2D eigenvalue weighted by Crippen LogP contribution is -2.26. The van der Waals surface area contributed by atoms with Crippen LogP contribution in [0.5, 0.6) is 0 Å². The predicted octanol–water partition coefficient (Wildman–Crippen LogP) is 2.14. The molecule has 0 aliphatic rings. The number of aromatic nitrogens is 1. The van der Waals surface area contributed by atoms with Crippen molar-refractivity contribution in [1.29, 1.82) is 0 Å². The van der Waals surface area contributed by atoms with E-state index in [4.69, 9.17) is 5.11 Å². The molecule has 0 unspecified atom stereocenters. The van der Waals surface area contributed by atoms with Gasteiger partial charge in [0, 0.05) is 24.2 Å². The quantitative estimate of drug-likeness (QED) is 0.685. The highest BCUT2D eigenvalue weighted by Gasteiger charge is 2.15. The summed E-state index contributed by atoms with van der Waals surface area (Å²) in [4.78, 5) is 33.4. The summed E-state index contributed by atoms with van der Waals surface area (Å²) in [6, 6.07) is 8.54. The lowest BCUT2D eigenvalue weighted by molar-refractivity contribution is -0.384. The maximum Gasteiger partial charge on any atom is 0.341 e. The molecule has 0 saturated heterocycles. The van der Waals surface area contributed by atoms with Crippen LogP contribution >= 0.6 is 0 Å². The number of carboxylic acid groups (broad SMARTS) is 1. The second-order valence-corrected chi connectivity index (χ2v) is 4.29. The summed E-state index contributed by atoms with van der Waals surface area (Å²) in [6.45, 7) is 1.96. The zero-order valence-corrected chi connectivity index (χ0v) is 11.1. The second-order valence-electron chi connectivity index (χ2n) is 4.29. The van der Waals surface area contributed by atoms with Gasteiger partial charge in [-0.3, -0.25) is 14.9 Å². The number of hydrogen-bond acceptors (Lipinski definition) is 4. The first kappa shape index (κ1) is 14.4. The maximum atomic E-state index is 12.1. The van der Waals surface area contributed by atoms with Crippen molar-refractivity contribution in [2.24, 2.45) is 0 Å². The first-order valence-corrected chi connectivity index (χ1v) is 6.17. The van der Waals surface area contributed by atoms with Crippen LogP contribution in [0.2, 0.25) is 0 Å². The second kappa shape index (κ2) is 5.58. The van der Waals surface area contributed by atoms with E-state index in [1.165, 1.54) is 34.9 Å². The summed E-state index contributed by atoms with van der Waals surface area (Å²) in [5.41, 5.74) is -0.124. The van der Waals surface area contributed by atoms with Gasteiger partial charge in [0.25, 0.3) is 11.2 Å². The van der Waals surface area contributed by atoms with E-state index in [2.05, 4.69) is 0 Å². The third-order valence-corrected chi connectivity index (χ3v) is 3.07. The van der Waals surface area contributed by atoms with Crippen LogP contribution in [0, 0.1) is 10.1 Å². The van der Waals surface area contributed by atoms with E-state index in [1.54, 1.807) is 13.0 Å². The van der Waals surface area contributed by atoms with Gasteiger partial charge in [0.05, 0.1) is 10.6 Å². The van der Waals surface area contributed by atoms with Crippen molar-refractivity contribution >= 4 is 11.7 Å². The largest absolute Gasteiger partial charge is 0.477 e. The SMILES string of the molecule is CCn1c(-c2cccc([N+](=O)[O-])c2)ccc(C(=O)O)c1=O. The fourth-order valence-corrected chi connectivity index (χ4v) is 2.09. The molecule has 2 rings (SSSR count). The number of pyridine rings is 1. The van der Waals surface area contributed by atoms with Gasteiger partial charge in [-0.25, -0.2) is 4.79 Å². The van der Waals surface area contributed by atoms with Crippen LogP contribution in [0.1, 0.15) is 17.3 Å². The van der Waals surface area contributed by atoms with Crippen LogP contribution in [-0.4, -0.2) is 20.6 Å². The molecule has 108 valence electrons. The highest BCUT2D eigenvalue weighted by molar-refractivity contribution is 5.87. The van der Waals surface area contributed by atoms with E-state index >= 15 is 0 Å². The van der Waals surface area contributed by atoms with Crippen molar-refractivity contribution in [2.45, 2.75) is 13.5 Å². The Kier molecular flexibility index (Phi) is 3.84. The van der Waals surface area contributed by atoms with Gasteiger partial charge < -0.3 is 9.67 Å². The fourth-order valence-electron chi connectivity index (χ4n) is 2.09. The molecule has 0 bridgehead atoms. The number of rotatable bonds is 4. The van der Waals surface area contributed by atoms with Gasteiger partial charge in [0.2, 0.25) is 0 Å². The average Bonchev–Trinajstić information content (AvgIpc) is 2.46. The van der Waals surface area contributed by atoms with Crippen LogP contribution in [0.25, 0.3) is 11.3 Å². The first-order valence-electron chi connectivity index (χ1n) is 6.17. The number of carboxylic acids is 1. The number of hydrogen-bond donors (Lipinski definition) is 1. The van der Waals surface area contributed by atoms with E-state index in [1.807, 2.05) is 0 Å². The molecule has 0 saturated carbocycles. The molecule has 0 amide bonds. The van der Waals surface area contributed by atoms with E-state index in [-0.39, 0.29) is 17.8 Å². The summed E-state index contributed by atoms with van der Waals surface area (Å²) in [5.74, 6) is -1.30. The van der Waals surface area contributed by atoms with Crippen molar-refractivity contribution in [3.8, 4) is 11.3 Å². The van der Waals surface area contributed by atoms with Gasteiger partial charge >= 0.3 is 5.97 Å². The molecule has 1 N–H and O–H groups in total. The van der Waals surface area contributed by atoms with E-state index in [0.29, 0.717) is 11.3 Å². The molecular formula is C14H12N2O5. The third-order valence-electron chi connectivity index (χ3n) is 3.07. The summed E-state index contributed by atoms with van der Waals surface area (Å²) in [7, 11) is 0. The lowest BCUT2D eigenvalue weighted by atomic mass is 10.1. The lowest BCUT2D eigenvalue weighted by Gasteiger charge is -2.11. The van der Waals surface area contributed by atoms with Gasteiger partial charge in [-0.15, -0.1) is 0 Å². The molecular weight excluding hydrogens is 276 g/mol. The Morgan fingerprint density at radius 1 is 1.33 bits per heavy atom. The normalized spacial score (nSPS) is 10.3. The molecule has 1 heterocycles. The number of benzene rings is 1. The summed E-state index contributed by atoms with van der Waals surface area (Å²) < 4.78 is 1.28. The highest BCUT2D eigenvalue weighted by Crippen LogP contribution is 2.23. The summed E-state index contributed by atoms with van der Waals surface area (Å²) in [6.07, 6.45) is 0. The molecule has 1 aromatic carbocycles. The zero-order chi connectivity index (χ0) is 15.6. The van der Waals surface area contributed by atoms with Gasteiger partial charge in [0.15, 0.2) is 0 Å². The van der Waals surface area contributed by atoms with E-state index < -0.39 is 16.5 Å². The van der Waals surface area contributed by atoms with Crippen molar-refractivity contribution in [3.05, 3.63) is 62.4 Å². The number of nitro groups is 1. The van der Waals surface area contributed by atoms with E-state index in [9.17, 15) is 19.7 Å². The van der Waals surface area contributed by atoms with Crippen LogP contribution in [0.3, 0.4) is 0 Å². The number of carbonyl (C=O) groups is 1. The van der Waals surface area contributed by atoms with Crippen LogP contribution < -0.4 is 5.56 Å². The van der Waals surface area contributed by atoms with Gasteiger partial charge in [0.1, 0.15) is 5.56 Å². The number of nitro benzene ring substituents is 1. The van der Waals surface area contributed by atoms with Crippen molar-refractivity contribution < 1.29 is 14.8 Å². The minimum Gasteiger partial charge on any atom is -0.477 e. The molecule has 0 aliphatic carbocycles. The molecule has 0 radical (unpaired) electrons. The molecule has 21 heavy (non-hydrogen) atoms. The minimum atomic E-state index is -1.30. The maximum absolute atomic E-state index is 12.1. The topological polar surface area (TPSA) is 102 Å². The molecule has 7 nitrogen and oxygen atoms in total. The Morgan fingerprint density at radius 3 is 2.62 bits per heavy atom. The molecule has 7 heteroatoms. The number of nitrogens with zero attached hydrogens (tertiary/aromatic N) is 2. The van der Waals surface area contributed by atoms with Crippen molar-refractivity contribution in [1.82, 2.24) is 4.57 Å². The predicted molar refractivity (Wildman–Crippen MR) is 75.4 cm³/mol. The Bertz CT molecular complexity index is 779. The van der Waals surface area contributed by atoms with E-state index in [0.717, 1.165) is 0 Å². The van der Waals surface area contributed by atoms with Crippen LogP contribution in [0.15, 0.2) is 41.2 Å². The monoisotopic (exact) mass is 288 g/mol. The first-order chi connectivity index (χ1) is 9.95. The fraction of sp³-hybridized carbons (Fsp3) is 0.143. The standard InChI is InChI=1S/C14H12N2O5/c1-2-15-12(7-6-11(13(15)17)14(18)19)9-4-3-5-10(8-9)16(20)21/h3-8H,2H2,1H3,(H,18,19). The smallest absolute Gasteiger partial charge is 0.341 e. The minimum absolute atomic E-state index is 0.0927. The van der Waals surface area contributed by atoms with Crippen molar-refractivity contribution in [3.63, 3.8) is 0 Å². The zero-order valence-electron chi connectivity index (χ0n) is 11.1. The van der Waals surface area contributed by atoms with Gasteiger partial charge in [-0.1, -0.05) is 12.1 Å². The molecule has 2 aromatic rings. The average molecular weight is 288 g/mol. The Morgan fingerprint density at radius 2 is 2.05 bits per heavy atom. The summed E-state index contributed by atoms with van der Waals surface area (Å²) >= 11 is 0. The Balaban J connectivity index is 2.67. The number of aromatic carboxylic acids is 1. The molecule has 1 aromatic heterocycles.